The van der Waals surface area contributed by atoms with Crippen LogP contribution in [0.1, 0.15) is 18.4 Å². The van der Waals surface area contributed by atoms with E-state index in [-0.39, 0.29) is 18.3 Å². The van der Waals surface area contributed by atoms with Gasteiger partial charge in [-0.1, -0.05) is 24.8 Å². The summed E-state index contributed by atoms with van der Waals surface area (Å²) in [5.41, 5.74) is 1.12. The summed E-state index contributed by atoms with van der Waals surface area (Å²) in [6, 6.07) is 14.3. The van der Waals surface area contributed by atoms with Crippen LogP contribution in [0.4, 0.5) is 14.5 Å². The number of phenolic OH excluding ortho intramolecular Hbond substituents is 1. The van der Waals surface area contributed by atoms with E-state index in [4.69, 9.17) is 9.47 Å². The van der Waals surface area contributed by atoms with Gasteiger partial charge < -0.3 is 25.2 Å². The molecule has 1 saturated heterocycles. The van der Waals surface area contributed by atoms with Crippen molar-refractivity contribution >= 4 is 11.6 Å². The van der Waals surface area contributed by atoms with E-state index in [1.54, 1.807) is 30.3 Å². The number of rotatable bonds is 8. The van der Waals surface area contributed by atoms with Crippen LogP contribution in [-0.4, -0.2) is 30.2 Å². The van der Waals surface area contributed by atoms with Crippen molar-refractivity contribution in [2.24, 2.45) is 0 Å². The molecule has 1 fully saturated rings. The van der Waals surface area contributed by atoms with Gasteiger partial charge in [-0.2, -0.15) is 0 Å². The monoisotopic (exact) mass is 480 g/mol. The topological polar surface area (TPSA) is 79.8 Å². The summed E-state index contributed by atoms with van der Waals surface area (Å²) in [7, 11) is 0. The molecule has 3 aromatic rings. The van der Waals surface area contributed by atoms with Crippen LogP contribution in [0.3, 0.4) is 0 Å². The van der Waals surface area contributed by atoms with Crippen molar-refractivity contribution in [1.29, 1.82) is 0 Å². The number of hydrogen-bond donors (Lipinski definition) is 3. The summed E-state index contributed by atoms with van der Waals surface area (Å²) in [5, 5.41) is 15.8. The lowest BCUT2D eigenvalue weighted by Crippen LogP contribution is -2.34. The van der Waals surface area contributed by atoms with Gasteiger partial charge in [0.05, 0.1) is 0 Å². The normalized spacial score (nSPS) is 13.8. The zero-order valence-electron chi connectivity index (χ0n) is 19.0. The maximum Gasteiger partial charge on any atom is 0.247 e. The Morgan fingerprint density at radius 2 is 1.83 bits per heavy atom. The minimum atomic E-state index is -1.10. The van der Waals surface area contributed by atoms with Gasteiger partial charge in [-0.15, -0.1) is 0 Å². The zero-order chi connectivity index (χ0) is 24.8. The Balaban J connectivity index is 1.63. The highest BCUT2D eigenvalue weighted by Crippen LogP contribution is 2.36. The molecule has 0 unspecified atom stereocenters. The Hall–Kier alpha value is -3.91. The molecule has 6 nitrogen and oxygen atoms in total. The molecule has 0 bridgehead atoms. The second-order valence-electron chi connectivity index (χ2n) is 8.11. The molecular formula is C27H26F2N2O4. The minimum Gasteiger partial charge on any atom is -0.503 e. The molecule has 1 aliphatic rings. The molecule has 0 aromatic heterocycles. The van der Waals surface area contributed by atoms with Crippen molar-refractivity contribution in [3.8, 4) is 28.4 Å². The van der Waals surface area contributed by atoms with Crippen LogP contribution >= 0.6 is 0 Å². The number of phenols is 1. The Bertz CT molecular complexity index is 1230. The first-order valence-electron chi connectivity index (χ1n) is 11.3. The summed E-state index contributed by atoms with van der Waals surface area (Å²) < 4.78 is 40.5. The predicted octanol–water partition coefficient (Wildman–Crippen LogP) is 5.17. The molecule has 3 N–H and O–H groups in total. The molecule has 0 saturated carbocycles. The van der Waals surface area contributed by atoms with E-state index in [0.29, 0.717) is 28.3 Å². The van der Waals surface area contributed by atoms with Gasteiger partial charge in [0.1, 0.15) is 24.2 Å². The first kappa shape index (κ1) is 24.2. The molecule has 35 heavy (non-hydrogen) atoms. The van der Waals surface area contributed by atoms with Gasteiger partial charge in [-0.3, -0.25) is 4.79 Å². The van der Waals surface area contributed by atoms with Crippen LogP contribution in [0.15, 0.2) is 67.3 Å². The average molecular weight is 481 g/mol. The quantitative estimate of drug-likeness (QED) is 0.388. The van der Waals surface area contributed by atoms with Crippen LogP contribution in [-0.2, 0) is 11.4 Å². The van der Waals surface area contributed by atoms with E-state index < -0.39 is 23.3 Å². The van der Waals surface area contributed by atoms with Gasteiger partial charge in [-0.25, -0.2) is 8.78 Å². The second kappa shape index (κ2) is 11.0. The maximum absolute atomic E-state index is 14.8. The molecule has 1 amide bonds. The van der Waals surface area contributed by atoms with Crippen LogP contribution in [0.25, 0.3) is 11.1 Å². The van der Waals surface area contributed by atoms with Gasteiger partial charge in [0.25, 0.3) is 0 Å². The predicted molar refractivity (Wildman–Crippen MR) is 130 cm³/mol. The number of benzene rings is 3. The third-order valence-corrected chi connectivity index (χ3v) is 5.75. The fourth-order valence-corrected chi connectivity index (χ4v) is 3.94. The molecule has 1 aliphatic heterocycles. The van der Waals surface area contributed by atoms with Crippen LogP contribution in [0, 0.1) is 11.6 Å². The van der Waals surface area contributed by atoms with Crippen molar-refractivity contribution in [1.82, 2.24) is 5.32 Å². The highest BCUT2D eigenvalue weighted by atomic mass is 19.1. The standard InChI is InChI=1S/C27H26F2N2O4/c1-2-25(32)31-24-8-4-7-20(21-9-10-23(28)27(33)26(21)29)22(24)16-34-18-5-3-6-19(15-18)35-17-11-13-30-14-12-17/h2-10,15,17,30,33H,1,11-14,16H2,(H,31,32). The highest BCUT2D eigenvalue weighted by Gasteiger charge is 2.20. The zero-order valence-corrected chi connectivity index (χ0v) is 19.0. The molecule has 1 heterocycles. The lowest BCUT2D eigenvalue weighted by molar-refractivity contribution is -0.111. The maximum atomic E-state index is 14.8. The molecule has 8 heteroatoms. The molecule has 182 valence electrons. The van der Waals surface area contributed by atoms with E-state index in [1.165, 1.54) is 6.07 Å². The van der Waals surface area contributed by atoms with E-state index in [2.05, 4.69) is 17.2 Å². The number of amides is 1. The van der Waals surface area contributed by atoms with E-state index >= 15 is 0 Å². The van der Waals surface area contributed by atoms with Crippen molar-refractivity contribution in [2.45, 2.75) is 25.6 Å². The number of nitrogens with one attached hydrogen (secondary N) is 2. The lowest BCUT2D eigenvalue weighted by atomic mass is 9.97. The van der Waals surface area contributed by atoms with Gasteiger partial charge in [0, 0.05) is 22.9 Å². The van der Waals surface area contributed by atoms with E-state index in [9.17, 15) is 18.7 Å². The molecular weight excluding hydrogens is 454 g/mol. The van der Waals surface area contributed by atoms with Gasteiger partial charge in [0.15, 0.2) is 17.4 Å². The number of piperidine rings is 1. The number of halogens is 2. The third kappa shape index (κ3) is 5.78. The Morgan fingerprint density at radius 1 is 1.09 bits per heavy atom. The van der Waals surface area contributed by atoms with E-state index in [0.717, 1.165) is 38.1 Å². The van der Waals surface area contributed by atoms with Gasteiger partial charge in [-0.05, 0) is 67.9 Å². The average Bonchev–Trinajstić information content (AvgIpc) is 2.87. The number of aromatic hydroxyl groups is 1. The highest BCUT2D eigenvalue weighted by molar-refractivity contribution is 6.00. The van der Waals surface area contributed by atoms with Crippen molar-refractivity contribution in [3.63, 3.8) is 0 Å². The van der Waals surface area contributed by atoms with Gasteiger partial charge in [0.2, 0.25) is 5.91 Å². The van der Waals surface area contributed by atoms with Gasteiger partial charge >= 0.3 is 0 Å². The molecule has 0 spiro atoms. The largest absolute Gasteiger partial charge is 0.503 e. The second-order valence-corrected chi connectivity index (χ2v) is 8.11. The first-order chi connectivity index (χ1) is 17.0. The fraction of sp³-hybridized carbons (Fsp3) is 0.222. The van der Waals surface area contributed by atoms with Crippen molar-refractivity contribution < 1.29 is 28.2 Å². The minimum absolute atomic E-state index is 0.0276. The number of carbonyl (C=O) groups is 1. The number of ether oxygens (including phenoxy) is 2. The summed E-state index contributed by atoms with van der Waals surface area (Å²) in [6.45, 7) is 5.23. The summed E-state index contributed by atoms with van der Waals surface area (Å²) in [4.78, 5) is 12.0. The van der Waals surface area contributed by atoms with Crippen molar-refractivity contribution in [3.05, 3.63) is 84.5 Å². The van der Waals surface area contributed by atoms with Crippen LogP contribution < -0.4 is 20.1 Å². The molecule has 4 rings (SSSR count). The fourth-order valence-electron chi connectivity index (χ4n) is 3.94. The van der Waals surface area contributed by atoms with Crippen LogP contribution in [0.5, 0.6) is 17.2 Å². The Kier molecular flexibility index (Phi) is 7.62. The van der Waals surface area contributed by atoms with Crippen LogP contribution in [0.2, 0.25) is 0 Å². The number of anilines is 1. The third-order valence-electron chi connectivity index (χ3n) is 5.75. The summed E-state index contributed by atoms with van der Waals surface area (Å²) in [5.74, 6) is -2.49. The summed E-state index contributed by atoms with van der Waals surface area (Å²) in [6.07, 6.45) is 3.08. The first-order valence-corrected chi connectivity index (χ1v) is 11.3. The number of carbonyl (C=O) groups excluding carboxylic acids is 1. The van der Waals surface area contributed by atoms with E-state index in [1.807, 2.05) is 12.1 Å². The number of hydrogen-bond acceptors (Lipinski definition) is 5. The Labute approximate surface area is 202 Å². The molecule has 0 atom stereocenters. The molecule has 0 aliphatic carbocycles. The smallest absolute Gasteiger partial charge is 0.247 e. The molecule has 3 aromatic carbocycles. The SMILES string of the molecule is C=CC(=O)Nc1cccc(-c2ccc(F)c(O)c2F)c1COc1cccc(OC2CCNCC2)c1. The van der Waals surface area contributed by atoms with Crippen molar-refractivity contribution in [2.75, 3.05) is 18.4 Å². The lowest BCUT2D eigenvalue weighted by Gasteiger charge is -2.24. The molecule has 0 radical (unpaired) electrons. The Morgan fingerprint density at radius 3 is 2.60 bits per heavy atom. The summed E-state index contributed by atoms with van der Waals surface area (Å²) >= 11 is 0.